The summed E-state index contributed by atoms with van der Waals surface area (Å²) >= 11 is 4.85. The Morgan fingerprint density at radius 3 is 1.75 bits per heavy atom. The fourth-order valence-electron chi connectivity index (χ4n) is 0.705. The number of nitrogens with one attached hydrogen (secondary N) is 2. The second kappa shape index (κ2) is 1.90. The summed E-state index contributed by atoms with van der Waals surface area (Å²) in [5.41, 5.74) is 0. The first-order chi connectivity index (χ1) is 3.70. The summed E-state index contributed by atoms with van der Waals surface area (Å²) in [5.74, 6) is 0. The van der Waals surface area contributed by atoms with Gasteiger partial charge in [0.2, 0.25) is 0 Å². The molecule has 0 bridgehead atoms. The molecule has 1 aliphatic rings. The van der Waals surface area contributed by atoms with Crippen LogP contribution in [0.25, 0.3) is 0 Å². The van der Waals surface area contributed by atoms with Gasteiger partial charge in [0, 0.05) is 12.1 Å². The Labute approximate surface area is 54.7 Å². The molecule has 0 radical (unpaired) electrons. The van der Waals surface area contributed by atoms with E-state index in [1.807, 2.05) is 0 Å². The van der Waals surface area contributed by atoms with Crippen LogP contribution in [0.15, 0.2) is 0 Å². The van der Waals surface area contributed by atoms with Gasteiger partial charge in [0.15, 0.2) is 5.11 Å². The lowest BCUT2D eigenvalue weighted by atomic mass is 10.2. The molecule has 8 heavy (non-hydrogen) atoms. The monoisotopic (exact) mass is 130 g/mol. The molecule has 0 aromatic carbocycles. The Morgan fingerprint density at radius 2 is 1.62 bits per heavy atom. The topological polar surface area (TPSA) is 24.1 Å². The molecule has 0 spiro atoms. The minimum absolute atomic E-state index is 0.488. The van der Waals surface area contributed by atoms with Crippen molar-refractivity contribution >= 4 is 17.3 Å². The van der Waals surface area contributed by atoms with Crippen LogP contribution in [0, 0.1) is 0 Å². The number of thiocarbonyl (C=S) groups is 1. The van der Waals surface area contributed by atoms with Crippen molar-refractivity contribution in [3.05, 3.63) is 0 Å². The molecule has 1 aliphatic heterocycles. The summed E-state index contributed by atoms with van der Waals surface area (Å²) in [5, 5.41) is 6.96. The van der Waals surface area contributed by atoms with Crippen LogP contribution in [-0.2, 0) is 0 Å². The predicted molar refractivity (Wildman–Crippen MR) is 37.8 cm³/mol. The van der Waals surface area contributed by atoms with Crippen LogP contribution in [-0.4, -0.2) is 17.2 Å². The molecule has 2 atom stereocenters. The van der Waals surface area contributed by atoms with Crippen molar-refractivity contribution in [3.63, 3.8) is 0 Å². The van der Waals surface area contributed by atoms with Crippen LogP contribution in [0.5, 0.6) is 0 Å². The third kappa shape index (κ3) is 0.916. The van der Waals surface area contributed by atoms with Gasteiger partial charge in [-0.1, -0.05) is 0 Å². The van der Waals surface area contributed by atoms with Gasteiger partial charge in [-0.3, -0.25) is 0 Å². The van der Waals surface area contributed by atoms with Crippen molar-refractivity contribution in [2.45, 2.75) is 25.9 Å². The molecule has 1 saturated heterocycles. The average Bonchev–Trinajstić information content (AvgIpc) is 1.85. The molecular formula is C5H10N2S. The third-order valence-corrected chi connectivity index (χ3v) is 1.70. The van der Waals surface area contributed by atoms with E-state index in [2.05, 4.69) is 24.5 Å². The molecule has 3 heteroatoms. The quantitative estimate of drug-likeness (QED) is 0.459. The first-order valence-electron chi connectivity index (χ1n) is 2.77. The lowest BCUT2D eigenvalue weighted by Crippen LogP contribution is -2.26. The van der Waals surface area contributed by atoms with E-state index in [9.17, 15) is 0 Å². The predicted octanol–water partition coefficient (Wildman–Crippen LogP) is 0.241. The van der Waals surface area contributed by atoms with E-state index < -0.39 is 0 Å². The fourth-order valence-corrected chi connectivity index (χ4v) is 1.08. The van der Waals surface area contributed by atoms with Gasteiger partial charge in [0.05, 0.1) is 0 Å². The van der Waals surface area contributed by atoms with Crippen LogP contribution >= 0.6 is 12.2 Å². The Kier molecular flexibility index (Phi) is 1.38. The van der Waals surface area contributed by atoms with Gasteiger partial charge in [-0.2, -0.15) is 0 Å². The zero-order chi connectivity index (χ0) is 6.15. The van der Waals surface area contributed by atoms with Crippen molar-refractivity contribution in [2.24, 2.45) is 0 Å². The molecule has 1 fully saturated rings. The van der Waals surface area contributed by atoms with Crippen LogP contribution in [0.1, 0.15) is 13.8 Å². The number of hydrogen-bond donors (Lipinski definition) is 2. The summed E-state index contributed by atoms with van der Waals surface area (Å²) in [6.07, 6.45) is 0. The van der Waals surface area contributed by atoms with Gasteiger partial charge < -0.3 is 10.6 Å². The SMILES string of the molecule is CC1NC(=S)NC1C. The van der Waals surface area contributed by atoms with Crippen molar-refractivity contribution in [2.75, 3.05) is 0 Å². The lowest BCUT2D eigenvalue weighted by molar-refractivity contribution is 0.583. The van der Waals surface area contributed by atoms with Gasteiger partial charge in [0.1, 0.15) is 0 Å². The Morgan fingerprint density at radius 1 is 1.25 bits per heavy atom. The summed E-state index contributed by atoms with van der Waals surface area (Å²) in [4.78, 5) is 0. The molecule has 46 valence electrons. The van der Waals surface area contributed by atoms with E-state index in [0.29, 0.717) is 12.1 Å². The molecule has 1 rings (SSSR count). The van der Waals surface area contributed by atoms with Crippen molar-refractivity contribution in [1.29, 1.82) is 0 Å². The van der Waals surface area contributed by atoms with E-state index in [0.717, 1.165) is 5.11 Å². The van der Waals surface area contributed by atoms with E-state index in [-0.39, 0.29) is 0 Å². The third-order valence-electron chi connectivity index (χ3n) is 1.47. The van der Waals surface area contributed by atoms with Gasteiger partial charge in [-0.25, -0.2) is 0 Å². The van der Waals surface area contributed by atoms with Gasteiger partial charge in [-0.15, -0.1) is 0 Å². The Bertz CT molecular complexity index is 101. The number of rotatable bonds is 0. The van der Waals surface area contributed by atoms with E-state index in [4.69, 9.17) is 12.2 Å². The second-order valence-corrected chi connectivity index (χ2v) is 2.60. The molecule has 2 nitrogen and oxygen atoms in total. The fraction of sp³-hybridized carbons (Fsp3) is 0.800. The summed E-state index contributed by atoms with van der Waals surface area (Å²) in [7, 11) is 0. The van der Waals surface area contributed by atoms with Crippen LogP contribution in [0.3, 0.4) is 0 Å². The molecule has 0 aromatic heterocycles. The molecule has 2 N–H and O–H groups in total. The standard InChI is InChI=1S/C5H10N2S/c1-3-4(2)7-5(8)6-3/h3-4H,1-2H3,(H2,6,7,8). The van der Waals surface area contributed by atoms with E-state index >= 15 is 0 Å². The molecular weight excluding hydrogens is 120 g/mol. The highest BCUT2D eigenvalue weighted by atomic mass is 32.1. The second-order valence-electron chi connectivity index (χ2n) is 2.20. The minimum Gasteiger partial charge on any atom is -0.358 e. The number of hydrogen-bond acceptors (Lipinski definition) is 1. The Balaban J connectivity index is 2.51. The maximum Gasteiger partial charge on any atom is 0.166 e. The maximum absolute atomic E-state index is 4.85. The van der Waals surface area contributed by atoms with Crippen LogP contribution < -0.4 is 10.6 Å². The van der Waals surface area contributed by atoms with Crippen molar-refractivity contribution < 1.29 is 0 Å². The van der Waals surface area contributed by atoms with Gasteiger partial charge in [-0.05, 0) is 26.1 Å². The Hall–Kier alpha value is -0.310. The molecule has 2 unspecified atom stereocenters. The largest absolute Gasteiger partial charge is 0.358 e. The smallest absolute Gasteiger partial charge is 0.166 e. The average molecular weight is 130 g/mol. The van der Waals surface area contributed by atoms with E-state index in [1.54, 1.807) is 0 Å². The van der Waals surface area contributed by atoms with Crippen molar-refractivity contribution in [1.82, 2.24) is 10.6 Å². The summed E-state index contributed by atoms with van der Waals surface area (Å²) < 4.78 is 0. The summed E-state index contributed by atoms with van der Waals surface area (Å²) in [6, 6.07) is 0.977. The normalized spacial score (nSPS) is 36.5. The molecule has 0 amide bonds. The molecule has 0 aliphatic carbocycles. The summed E-state index contributed by atoms with van der Waals surface area (Å²) in [6.45, 7) is 4.22. The van der Waals surface area contributed by atoms with E-state index in [1.165, 1.54) is 0 Å². The van der Waals surface area contributed by atoms with Crippen LogP contribution in [0.2, 0.25) is 0 Å². The first-order valence-corrected chi connectivity index (χ1v) is 3.18. The molecule has 1 heterocycles. The highest BCUT2D eigenvalue weighted by Gasteiger charge is 2.19. The van der Waals surface area contributed by atoms with Crippen LogP contribution in [0.4, 0.5) is 0 Å². The highest BCUT2D eigenvalue weighted by Crippen LogP contribution is 1.97. The highest BCUT2D eigenvalue weighted by molar-refractivity contribution is 7.80. The minimum atomic E-state index is 0.488. The van der Waals surface area contributed by atoms with Gasteiger partial charge >= 0.3 is 0 Å². The lowest BCUT2D eigenvalue weighted by Gasteiger charge is -2.05. The zero-order valence-electron chi connectivity index (χ0n) is 5.06. The first kappa shape index (κ1) is 5.82. The van der Waals surface area contributed by atoms with Gasteiger partial charge in [0.25, 0.3) is 0 Å². The molecule has 0 saturated carbocycles. The van der Waals surface area contributed by atoms with Crippen molar-refractivity contribution in [3.8, 4) is 0 Å². The molecule has 0 aromatic rings. The zero-order valence-corrected chi connectivity index (χ0v) is 5.88. The maximum atomic E-state index is 4.85.